The first-order valence-corrected chi connectivity index (χ1v) is 6.66. The number of hydrogen-bond donors (Lipinski definition) is 1. The maximum absolute atomic E-state index is 12.7. The molecule has 0 saturated heterocycles. The number of halogens is 4. The van der Waals surface area contributed by atoms with E-state index in [0.29, 0.717) is 9.92 Å². The van der Waals surface area contributed by atoms with Crippen LogP contribution in [0.25, 0.3) is 0 Å². The van der Waals surface area contributed by atoms with Crippen molar-refractivity contribution in [3.05, 3.63) is 41.2 Å². The van der Waals surface area contributed by atoms with Gasteiger partial charge in [-0.1, -0.05) is 35.5 Å². The van der Waals surface area contributed by atoms with E-state index in [1.807, 2.05) is 0 Å². The summed E-state index contributed by atoms with van der Waals surface area (Å²) in [6.07, 6.45) is -4.59. The van der Waals surface area contributed by atoms with E-state index in [-0.39, 0.29) is 10.8 Å². The van der Waals surface area contributed by atoms with Gasteiger partial charge in [-0.05, 0) is 12.1 Å². The highest BCUT2D eigenvalue weighted by molar-refractivity contribution is 7.99. The smallest absolute Gasteiger partial charge is 0.373 e. The Morgan fingerprint density at radius 1 is 1.20 bits per heavy atom. The van der Waals surface area contributed by atoms with Crippen LogP contribution in [0.4, 0.5) is 19.0 Å². The fourth-order valence-corrected chi connectivity index (χ4v) is 2.46. The van der Waals surface area contributed by atoms with E-state index in [2.05, 4.69) is 15.3 Å². The lowest BCUT2D eigenvalue weighted by atomic mass is 10.4. The Kier molecular flexibility index (Phi) is 4.39. The van der Waals surface area contributed by atoms with Crippen LogP contribution in [0.5, 0.6) is 0 Å². The Bertz CT molecular complexity index is 619. The van der Waals surface area contributed by atoms with Crippen LogP contribution in [-0.2, 0) is 6.18 Å². The number of nitrogens with zero attached hydrogens (tertiary/aromatic N) is 2. The van der Waals surface area contributed by atoms with Crippen LogP contribution in [0.3, 0.4) is 0 Å². The predicted molar refractivity (Wildman–Crippen MR) is 72.2 cm³/mol. The van der Waals surface area contributed by atoms with Gasteiger partial charge in [-0.25, -0.2) is 9.97 Å². The Balaban J connectivity index is 2.39. The summed E-state index contributed by atoms with van der Waals surface area (Å²) in [7, 11) is 1.49. The van der Waals surface area contributed by atoms with Gasteiger partial charge in [0.25, 0.3) is 0 Å². The van der Waals surface area contributed by atoms with Crippen molar-refractivity contribution in [3.8, 4) is 0 Å². The normalized spacial score (nSPS) is 11.4. The van der Waals surface area contributed by atoms with Gasteiger partial charge >= 0.3 is 6.18 Å². The molecule has 0 saturated carbocycles. The van der Waals surface area contributed by atoms with Gasteiger partial charge < -0.3 is 5.32 Å². The predicted octanol–water partition coefficient (Wildman–Crippen LogP) is 4.34. The SMILES string of the molecule is CNc1cc(Sc2ccccc2Cl)nc(C(F)(F)F)n1. The molecule has 0 aliphatic carbocycles. The average molecular weight is 320 g/mol. The number of hydrogen-bond acceptors (Lipinski definition) is 4. The molecule has 0 aliphatic rings. The topological polar surface area (TPSA) is 37.8 Å². The number of rotatable bonds is 3. The third kappa shape index (κ3) is 3.55. The van der Waals surface area contributed by atoms with Gasteiger partial charge in [0.2, 0.25) is 5.82 Å². The fraction of sp³-hybridized carbons (Fsp3) is 0.167. The molecule has 2 rings (SSSR count). The number of nitrogens with one attached hydrogen (secondary N) is 1. The molecule has 0 bridgehead atoms. The summed E-state index contributed by atoms with van der Waals surface area (Å²) in [6.45, 7) is 0. The van der Waals surface area contributed by atoms with Crippen molar-refractivity contribution in [2.24, 2.45) is 0 Å². The number of anilines is 1. The molecule has 1 N–H and O–H groups in total. The van der Waals surface area contributed by atoms with Crippen molar-refractivity contribution in [3.63, 3.8) is 0 Å². The highest BCUT2D eigenvalue weighted by Crippen LogP contribution is 2.35. The van der Waals surface area contributed by atoms with Gasteiger partial charge in [-0.15, -0.1) is 0 Å². The minimum absolute atomic E-state index is 0.0990. The van der Waals surface area contributed by atoms with E-state index in [0.717, 1.165) is 11.8 Å². The Hall–Kier alpha value is -1.47. The van der Waals surface area contributed by atoms with E-state index < -0.39 is 12.0 Å². The molecule has 106 valence electrons. The van der Waals surface area contributed by atoms with E-state index in [1.54, 1.807) is 24.3 Å². The molecule has 20 heavy (non-hydrogen) atoms. The number of alkyl halides is 3. The molecule has 8 heteroatoms. The molecule has 1 aromatic heterocycles. The highest BCUT2D eigenvalue weighted by atomic mass is 35.5. The molecule has 0 amide bonds. The van der Waals surface area contributed by atoms with E-state index in [9.17, 15) is 13.2 Å². The summed E-state index contributed by atoms with van der Waals surface area (Å²) in [5.74, 6) is -1.08. The van der Waals surface area contributed by atoms with Crippen molar-refractivity contribution in [2.75, 3.05) is 12.4 Å². The van der Waals surface area contributed by atoms with Gasteiger partial charge in [0, 0.05) is 18.0 Å². The van der Waals surface area contributed by atoms with Crippen LogP contribution in [0, 0.1) is 0 Å². The standard InChI is InChI=1S/C12H9ClF3N3S/c1-17-9-6-10(19-11(18-9)12(14,15)16)20-8-5-3-2-4-7(8)13/h2-6H,1H3,(H,17,18,19). The third-order valence-electron chi connectivity index (χ3n) is 2.26. The molecular weight excluding hydrogens is 311 g/mol. The molecule has 1 aromatic carbocycles. The number of aromatic nitrogens is 2. The van der Waals surface area contributed by atoms with Gasteiger partial charge in [0.1, 0.15) is 10.8 Å². The monoisotopic (exact) mass is 319 g/mol. The van der Waals surface area contributed by atoms with E-state index >= 15 is 0 Å². The largest absolute Gasteiger partial charge is 0.451 e. The molecule has 0 aliphatic heterocycles. The zero-order valence-corrected chi connectivity index (χ0v) is 11.8. The molecule has 0 radical (unpaired) electrons. The average Bonchev–Trinajstić information content (AvgIpc) is 2.40. The molecule has 0 atom stereocenters. The first-order chi connectivity index (χ1) is 9.40. The highest BCUT2D eigenvalue weighted by Gasteiger charge is 2.35. The van der Waals surface area contributed by atoms with E-state index in [4.69, 9.17) is 11.6 Å². The lowest BCUT2D eigenvalue weighted by Crippen LogP contribution is -2.12. The molecule has 0 spiro atoms. The molecule has 1 heterocycles. The fourth-order valence-electron chi connectivity index (χ4n) is 1.37. The first kappa shape index (κ1) is 14.9. The lowest BCUT2D eigenvalue weighted by molar-refractivity contribution is -0.145. The first-order valence-electron chi connectivity index (χ1n) is 5.46. The van der Waals surface area contributed by atoms with Crippen LogP contribution in [0.15, 0.2) is 40.3 Å². The van der Waals surface area contributed by atoms with Crippen LogP contribution in [0.2, 0.25) is 5.02 Å². The number of benzene rings is 1. The second-order valence-electron chi connectivity index (χ2n) is 3.70. The maximum Gasteiger partial charge on any atom is 0.451 e. The Morgan fingerprint density at radius 3 is 2.50 bits per heavy atom. The van der Waals surface area contributed by atoms with E-state index in [1.165, 1.54) is 13.1 Å². The summed E-state index contributed by atoms with van der Waals surface area (Å²) in [5.41, 5.74) is 0. The molecule has 3 nitrogen and oxygen atoms in total. The summed E-state index contributed by atoms with van der Waals surface area (Å²) in [5, 5.41) is 3.21. The van der Waals surface area contributed by atoms with Gasteiger partial charge in [-0.3, -0.25) is 0 Å². The molecule has 0 fully saturated rings. The van der Waals surface area contributed by atoms with Crippen LogP contribution < -0.4 is 5.32 Å². The van der Waals surface area contributed by atoms with Gasteiger partial charge in [0.15, 0.2) is 0 Å². The van der Waals surface area contributed by atoms with Crippen molar-refractivity contribution < 1.29 is 13.2 Å². The summed E-state index contributed by atoms with van der Waals surface area (Å²) in [6, 6.07) is 8.30. The van der Waals surface area contributed by atoms with Crippen LogP contribution in [0.1, 0.15) is 5.82 Å². The Morgan fingerprint density at radius 2 is 1.90 bits per heavy atom. The molecule has 2 aromatic rings. The quantitative estimate of drug-likeness (QED) is 0.854. The van der Waals surface area contributed by atoms with Crippen LogP contribution in [-0.4, -0.2) is 17.0 Å². The second-order valence-corrected chi connectivity index (χ2v) is 5.16. The molecular formula is C12H9ClF3N3S. The third-order valence-corrected chi connectivity index (χ3v) is 3.70. The Labute approximate surface area is 122 Å². The maximum atomic E-state index is 12.7. The summed E-state index contributed by atoms with van der Waals surface area (Å²) >= 11 is 7.03. The minimum Gasteiger partial charge on any atom is -0.373 e. The zero-order chi connectivity index (χ0) is 14.8. The van der Waals surface area contributed by atoms with Crippen molar-refractivity contribution in [1.82, 2.24) is 9.97 Å². The van der Waals surface area contributed by atoms with Crippen molar-refractivity contribution >= 4 is 29.2 Å². The van der Waals surface area contributed by atoms with Crippen molar-refractivity contribution in [1.29, 1.82) is 0 Å². The minimum atomic E-state index is -4.59. The van der Waals surface area contributed by atoms with Crippen molar-refractivity contribution in [2.45, 2.75) is 16.1 Å². The summed E-state index contributed by atoms with van der Waals surface area (Å²) in [4.78, 5) is 7.54. The van der Waals surface area contributed by atoms with Crippen LogP contribution >= 0.6 is 23.4 Å². The van der Waals surface area contributed by atoms with Gasteiger partial charge in [-0.2, -0.15) is 13.2 Å². The summed E-state index contributed by atoms with van der Waals surface area (Å²) < 4.78 is 38.1. The zero-order valence-electron chi connectivity index (χ0n) is 10.2. The lowest BCUT2D eigenvalue weighted by Gasteiger charge is -2.10. The second kappa shape index (κ2) is 5.88. The molecule has 0 unspecified atom stereocenters. The van der Waals surface area contributed by atoms with Gasteiger partial charge in [0.05, 0.1) is 5.02 Å².